The number of hydrogen-bond acceptors (Lipinski definition) is 4. The number of piperidine rings is 1. The van der Waals surface area contributed by atoms with E-state index in [4.69, 9.17) is 0 Å². The minimum Gasteiger partial charge on any atom is -0.406 e. The Hall–Kier alpha value is -3.29. The Kier molecular flexibility index (Phi) is 5.47. The third-order valence-corrected chi connectivity index (χ3v) is 5.40. The van der Waals surface area contributed by atoms with Crippen LogP contribution in [0.2, 0.25) is 0 Å². The molecule has 2 heterocycles. The van der Waals surface area contributed by atoms with Crippen LogP contribution in [-0.4, -0.2) is 36.2 Å². The molecule has 0 saturated carbocycles. The number of nitrogens with zero attached hydrogens (tertiary/aromatic N) is 2. The van der Waals surface area contributed by atoms with Crippen LogP contribution in [0.15, 0.2) is 54.2 Å². The summed E-state index contributed by atoms with van der Waals surface area (Å²) in [5.74, 6) is -1.37. The molecule has 2 aromatic rings. The van der Waals surface area contributed by atoms with Crippen molar-refractivity contribution in [2.24, 2.45) is 0 Å². The molecular formula is C23H21F3N2O3. The molecule has 0 unspecified atom stereocenters. The molecule has 8 heteroatoms. The van der Waals surface area contributed by atoms with Gasteiger partial charge in [-0.2, -0.15) is 0 Å². The number of carbonyl (C=O) groups excluding carboxylic acids is 2. The number of alkyl halides is 3. The molecule has 0 aromatic heterocycles. The Balaban J connectivity index is 1.71. The first kappa shape index (κ1) is 21.0. The first-order valence-electron chi connectivity index (χ1n) is 10.1. The number of benzene rings is 2. The number of imide groups is 1. The molecule has 2 aliphatic rings. The zero-order valence-electron chi connectivity index (χ0n) is 16.9. The molecule has 2 aromatic carbocycles. The summed E-state index contributed by atoms with van der Waals surface area (Å²) in [6.45, 7) is 3.29. The third kappa shape index (κ3) is 4.28. The molecule has 2 aliphatic heterocycles. The molecule has 2 amide bonds. The van der Waals surface area contributed by atoms with Crippen LogP contribution in [0.1, 0.15) is 30.4 Å². The highest BCUT2D eigenvalue weighted by Crippen LogP contribution is 2.36. The van der Waals surface area contributed by atoms with E-state index >= 15 is 0 Å². The topological polar surface area (TPSA) is 49.9 Å². The van der Waals surface area contributed by atoms with Crippen LogP contribution in [0.3, 0.4) is 0 Å². The van der Waals surface area contributed by atoms with E-state index in [0.717, 1.165) is 41.9 Å². The van der Waals surface area contributed by atoms with Gasteiger partial charge in [0.05, 0.1) is 11.3 Å². The predicted octanol–water partition coefficient (Wildman–Crippen LogP) is 4.66. The van der Waals surface area contributed by atoms with Gasteiger partial charge in [-0.15, -0.1) is 13.2 Å². The van der Waals surface area contributed by atoms with Crippen molar-refractivity contribution in [1.82, 2.24) is 4.90 Å². The third-order valence-electron chi connectivity index (χ3n) is 5.40. The highest BCUT2D eigenvalue weighted by Gasteiger charge is 2.42. The molecule has 1 saturated heterocycles. The van der Waals surface area contributed by atoms with E-state index in [1.54, 1.807) is 0 Å². The molecule has 5 nitrogen and oxygen atoms in total. The molecule has 4 rings (SSSR count). The van der Waals surface area contributed by atoms with E-state index < -0.39 is 23.9 Å². The van der Waals surface area contributed by atoms with Crippen molar-refractivity contribution in [2.75, 3.05) is 18.0 Å². The van der Waals surface area contributed by atoms with Gasteiger partial charge in [-0.05, 0) is 56.0 Å². The second kappa shape index (κ2) is 8.09. The lowest BCUT2D eigenvalue weighted by atomic mass is 10.0. The fourth-order valence-corrected chi connectivity index (χ4v) is 3.94. The molecular weight excluding hydrogens is 409 g/mol. The van der Waals surface area contributed by atoms with Crippen molar-refractivity contribution in [3.63, 3.8) is 0 Å². The van der Waals surface area contributed by atoms with E-state index in [1.807, 2.05) is 36.1 Å². The first-order valence-corrected chi connectivity index (χ1v) is 10.1. The first-order chi connectivity index (χ1) is 14.7. The van der Waals surface area contributed by atoms with Gasteiger partial charge in [0.25, 0.3) is 11.8 Å². The Labute approximate surface area is 177 Å². The highest BCUT2D eigenvalue weighted by atomic mass is 19.4. The van der Waals surface area contributed by atoms with Gasteiger partial charge in [0.2, 0.25) is 0 Å². The Morgan fingerprint density at radius 2 is 1.45 bits per heavy atom. The number of amides is 2. The van der Waals surface area contributed by atoms with Crippen LogP contribution >= 0.6 is 0 Å². The Morgan fingerprint density at radius 3 is 2.03 bits per heavy atom. The second-order valence-corrected chi connectivity index (χ2v) is 7.62. The van der Waals surface area contributed by atoms with Gasteiger partial charge in [-0.25, -0.2) is 4.90 Å². The molecule has 0 aliphatic carbocycles. The zero-order chi connectivity index (χ0) is 22.2. The van der Waals surface area contributed by atoms with Crippen LogP contribution in [0.25, 0.3) is 5.57 Å². The van der Waals surface area contributed by atoms with Gasteiger partial charge in [0.15, 0.2) is 0 Å². The Morgan fingerprint density at radius 1 is 0.839 bits per heavy atom. The van der Waals surface area contributed by atoms with E-state index in [1.165, 1.54) is 12.1 Å². The molecule has 0 radical (unpaired) electrons. The lowest BCUT2D eigenvalue weighted by Crippen LogP contribution is -2.37. The van der Waals surface area contributed by atoms with Crippen molar-refractivity contribution < 1.29 is 27.5 Å². The largest absolute Gasteiger partial charge is 0.573 e. The molecule has 0 atom stereocenters. The lowest BCUT2D eigenvalue weighted by Gasteiger charge is -2.29. The van der Waals surface area contributed by atoms with Crippen molar-refractivity contribution in [1.29, 1.82) is 0 Å². The van der Waals surface area contributed by atoms with Crippen molar-refractivity contribution in [2.45, 2.75) is 32.5 Å². The fourth-order valence-electron chi connectivity index (χ4n) is 3.94. The predicted molar refractivity (Wildman–Crippen MR) is 109 cm³/mol. The number of carbonyl (C=O) groups is 2. The maximum absolute atomic E-state index is 13.4. The summed E-state index contributed by atoms with van der Waals surface area (Å²) >= 11 is 0. The monoisotopic (exact) mass is 430 g/mol. The Bertz CT molecular complexity index is 1020. The zero-order valence-corrected chi connectivity index (χ0v) is 16.9. The van der Waals surface area contributed by atoms with Crippen molar-refractivity contribution in [3.05, 3.63) is 65.4 Å². The number of hydrogen-bond donors (Lipinski definition) is 0. The normalized spacial score (nSPS) is 17.5. The summed E-state index contributed by atoms with van der Waals surface area (Å²) in [6.07, 6.45) is -1.90. The average Bonchev–Trinajstić information content (AvgIpc) is 2.99. The van der Waals surface area contributed by atoms with Crippen LogP contribution in [0, 0.1) is 6.92 Å². The minimum absolute atomic E-state index is 0.196. The summed E-state index contributed by atoms with van der Waals surface area (Å²) in [6, 6.07) is 12.1. The summed E-state index contributed by atoms with van der Waals surface area (Å²) in [5.41, 5.74) is 2.54. The summed E-state index contributed by atoms with van der Waals surface area (Å²) in [4.78, 5) is 29.7. The fraction of sp³-hybridized carbons (Fsp3) is 0.304. The smallest absolute Gasteiger partial charge is 0.406 e. The maximum Gasteiger partial charge on any atom is 0.573 e. The van der Waals surface area contributed by atoms with Gasteiger partial charge < -0.3 is 9.64 Å². The minimum atomic E-state index is -4.82. The van der Waals surface area contributed by atoms with Crippen LogP contribution in [-0.2, 0) is 9.59 Å². The molecule has 162 valence electrons. The van der Waals surface area contributed by atoms with Gasteiger partial charge in [-0.3, -0.25) is 9.59 Å². The summed E-state index contributed by atoms with van der Waals surface area (Å²) < 4.78 is 41.2. The van der Waals surface area contributed by atoms with E-state index in [-0.39, 0.29) is 5.69 Å². The number of anilines is 1. The number of ether oxygens (including phenoxy) is 1. The van der Waals surface area contributed by atoms with Crippen LogP contribution in [0.5, 0.6) is 5.75 Å². The molecule has 1 fully saturated rings. The molecule has 0 N–H and O–H groups in total. The van der Waals surface area contributed by atoms with Crippen LogP contribution in [0.4, 0.5) is 18.9 Å². The van der Waals surface area contributed by atoms with Gasteiger partial charge in [-0.1, -0.05) is 29.8 Å². The SMILES string of the molecule is Cc1ccc(C2=C(N3CCCCC3)C(=O)N(c3ccc(OC(F)(F)F)cc3)C2=O)cc1. The van der Waals surface area contributed by atoms with Gasteiger partial charge in [0, 0.05) is 13.1 Å². The van der Waals surface area contributed by atoms with Crippen LogP contribution < -0.4 is 9.64 Å². The quantitative estimate of drug-likeness (QED) is 0.662. The standard InChI is InChI=1S/C23H21F3N2O3/c1-15-5-7-16(8-6-15)19-20(27-13-3-2-4-14-27)22(30)28(21(19)29)17-9-11-18(12-10-17)31-23(24,25)26/h5-12H,2-4,13-14H2,1H3. The highest BCUT2D eigenvalue weighted by molar-refractivity contribution is 6.45. The average molecular weight is 430 g/mol. The lowest BCUT2D eigenvalue weighted by molar-refractivity contribution is -0.274. The number of halogens is 3. The number of likely N-dealkylation sites (tertiary alicyclic amines) is 1. The molecule has 0 spiro atoms. The number of aryl methyl sites for hydroxylation is 1. The molecule has 0 bridgehead atoms. The molecule has 31 heavy (non-hydrogen) atoms. The van der Waals surface area contributed by atoms with Gasteiger partial charge >= 0.3 is 6.36 Å². The van der Waals surface area contributed by atoms with Crippen molar-refractivity contribution >= 4 is 23.1 Å². The second-order valence-electron chi connectivity index (χ2n) is 7.62. The van der Waals surface area contributed by atoms with Crippen molar-refractivity contribution in [3.8, 4) is 5.75 Å². The van der Waals surface area contributed by atoms with E-state index in [9.17, 15) is 22.8 Å². The van der Waals surface area contributed by atoms with E-state index in [0.29, 0.717) is 29.9 Å². The summed E-state index contributed by atoms with van der Waals surface area (Å²) in [5, 5.41) is 0. The summed E-state index contributed by atoms with van der Waals surface area (Å²) in [7, 11) is 0. The number of rotatable bonds is 4. The maximum atomic E-state index is 13.4. The van der Waals surface area contributed by atoms with E-state index in [2.05, 4.69) is 4.74 Å². The van der Waals surface area contributed by atoms with Gasteiger partial charge in [0.1, 0.15) is 11.4 Å².